The van der Waals surface area contributed by atoms with Crippen LogP contribution < -0.4 is 4.74 Å². The van der Waals surface area contributed by atoms with E-state index in [1.54, 1.807) is 0 Å². The maximum absolute atomic E-state index is 6.46. The largest absolute Gasteiger partial charge is 0.487 e. The molecule has 0 radical (unpaired) electrons. The van der Waals surface area contributed by atoms with Gasteiger partial charge < -0.3 is 9.47 Å². The van der Waals surface area contributed by atoms with Crippen LogP contribution in [0.4, 0.5) is 0 Å². The number of ether oxygens (including phenoxy) is 2. The Bertz CT molecular complexity index is 530. The summed E-state index contributed by atoms with van der Waals surface area (Å²) in [4.78, 5) is 0. The van der Waals surface area contributed by atoms with Gasteiger partial charge in [-0.3, -0.25) is 0 Å². The third-order valence-corrected chi connectivity index (χ3v) is 4.87. The van der Waals surface area contributed by atoms with Crippen LogP contribution in [0.1, 0.15) is 58.1 Å². The summed E-state index contributed by atoms with van der Waals surface area (Å²) in [5.41, 5.74) is 2.50. The van der Waals surface area contributed by atoms with Gasteiger partial charge in [0.1, 0.15) is 11.4 Å². The van der Waals surface area contributed by atoms with Crippen molar-refractivity contribution in [3.05, 3.63) is 41.5 Å². The second-order valence-electron chi connectivity index (χ2n) is 6.81. The van der Waals surface area contributed by atoms with Crippen LogP contribution in [-0.4, -0.2) is 12.2 Å². The van der Waals surface area contributed by atoms with Gasteiger partial charge in [0.2, 0.25) is 0 Å². The summed E-state index contributed by atoms with van der Waals surface area (Å²) in [6, 6.07) is 8.39. The van der Waals surface area contributed by atoms with Crippen LogP contribution in [0.25, 0.3) is 0 Å². The van der Waals surface area contributed by atoms with Gasteiger partial charge in [0, 0.05) is 18.1 Å². The fraction of sp³-hybridized carbons (Fsp3) is 0.579. The van der Waals surface area contributed by atoms with Crippen molar-refractivity contribution in [2.75, 3.05) is 6.61 Å². The molecule has 0 unspecified atom stereocenters. The van der Waals surface area contributed by atoms with E-state index in [2.05, 4.69) is 51.1 Å². The predicted molar refractivity (Wildman–Crippen MR) is 85.6 cm³/mol. The number of benzene rings is 1. The Morgan fingerprint density at radius 2 is 2.14 bits per heavy atom. The second kappa shape index (κ2) is 5.84. The summed E-state index contributed by atoms with van der Waals surface area (Å²) in [5.74, 6) is 1.48. The van der Waals surface area contributed by atoms with Gasteiger partial charge in [0.25, 0.3) is 0 Å². The van der Waals surface area contributed by atoms with E-state index in [1.165, 1.54) is 17.6 Å². The maximum atomic E-state index is 6.46. The highest BCUT2D eigenvalue weighted by Gasteiger charge is 2.47. The molecule has 0 aromatic heterocycles. The van der Waals surface area contributed by atoms with Crippen LogP contribution in [0.15, 0.2) is 35.9 Å². The summed E-state index contributed by atoms with van der Waals surface area (Å²) in [6.45, 7) is 7.46. The van der Waals surface area contributed by atoms with Crippen LogP contribution in [0.3, 0.4) is 0 Å². The molecule has 1 aromatic rings. The Hall–Kier alpha value is -1.28. The molecule has 0 N–H and O–H groups in total. The number of fused-ring (bicyclic) bond motifs is 3. The van der Waals surface area contributed by atoms with Crippen molar-refractivity contribution >= 4 is 0 Å². The van der Waals surface area contributed by atoms with Gasteiger partial charge in [-0.2, -0.15) is 0 Å². The summed E-state index contributed by atoms with van der Waals surface area (Å²) >= 11 is 0. The Balaban J connectivity index is 1.89. The lowest BCUT2D eigenvalue weighted by molar-refractivity contribution is -0.126. The molecular formula is C19H26O2. The van der Waals surface area contributed by atoms with Gasteiger partial charge in [-0.1, -0.05) is 29.8 Å². The molecule has 3 atom stereocenters. The predicted octanol–water partition coefficient (Wildman–Crippen LogP) is 5.05. The van der Waals surface area contributed by atoms with Crippen molar-refractivity contribution < 1.29 is 9.47 Å². The molecule has 2 nitrogen and oxygen atoms in total. The van der Waals surface area contributed by atoms with Crippen LogP contribution in [-0.2, 0) is 4.74 Å². The van der Waals surface area contributed by atoms with Crippen molar-refractivity contribution in [1.29, 1.82) is 0 Å². The highest BCUT2D eigenvalue weighted by Crippen LogP contribution is 2.50. The minimum absolute atomic E-state index is 0.120. The number of hydrogen-bond donors (Lipinski definition) is 0. The summed E-state index contributed by atoms with van der Waals surface area (Å²) in [5, 5.41) is 0. The van der Waals surface area contributed by atoms with Crippen LogP contribution in [0.5, 0.6) is 5.75 Å². The molecule has 0 saturated carbocycles. The zero-order valence-electron chi connectivity index (χ0n) is 13.4. The van der Waals surface area contributed by atoms with E-state index >= 15 is 0 Å². The van der Waals surface area contributed by atoms with Crippen molar-refractivity contribution in [3.63, 3.8) is 0 Å². The van der Waals surface area contributed by atoms with Gasteiger partial charge in [-0.25, -0.2) is 0 Å². The van der Waals surface area contributed by atoms with E-state index in [9.17, 15) is 0 Å². The Morgan fingerprint density at radius 1 is 1.33 bits per heavy atom. The van der Waals surface area contributed by atoms with Gasteiger partial charge in [0.15, 0.2) is 0 Å². The lowest BCUT2D eigenvalue weighted by atomic mass is 9.73. The van der Waals surface area contributed by atoms with E-state index in [0.29, 0.717) is 5.92 Å². The lowest BCUT2D eigenvalue weighted by Gasteiger charge is -2.48. The molecule has 0 spiro atoms. The first-order chi connectivity index (χ1) is 10.1. The van der Waals surface area contributed by atoms with E-state index in [1.807, 2.05) is 0 Å². The number of para-hydroxylation sites is 1. The minimum Gasteiger partial charge on any atom is -0.487 e. The van der Waals surface area contributed by atoms with E-state index in [0.717, 1.165) is 31.6 Å². The number of hydrogen-bond acceptors (Lipinski definition) is 2. The first-order valence-electron chi connectivity index (χ1n) is 8.13. The quantitative estimate of drug-likeness (QED) is 0.724. The van der Waals surface area contributed by atoms with Crippen molar-refractivity contribution in [2.45, 2.75) is 58.2 Å². The highest BCUT2D eigenvalue weighted by atomic mass is 16.5. The zero-order valence-corrected chi connectivity index (χ0v) is 13.4. The SMILES string of the molecule is CC(C)=CCC[C@]1(C)Oc2ccccc2[C@@H]2OCCC[C@H]21. The molecule has 114 valence electrons. The summed E-state index contributed by atoms with van der Waals surface area (Å²) in [7, 11) is 0. The molecule has 0 bridgehead atoms. The topological polar surface area (TPSA) is 18.5 Å². The van der Waals surface area contributed by atoms with Gasteiger partial charge >= 0.3 is 0 Å². The summed E-state index contributed by atoms with van der Waals surface area (Å²) < 4.78 is 12.6. The van der Waals surface area contributed by atoms with Crippen LogP contribution in [0.2, 0.25) is 0 Å². The average molecular weight is 286 g/mol. The molecule has 0 amide bonds. The second-order valence-corrected chi connectivity index (χ2v) is 6.81. The minimum atomic E-state index is -0.120. The van der Waals surface area contributed by atoms with E-state index in [4.69, 9.17) is 9.47 Å². The molecule has 21 heavy (non-hydrogen) atoms. The highest BCUT2D eigenvalue weighted by molar-refractivity contribution is 5.39. The summed E-state index contributed by atoms with van der Waals surface area (Å²) in [6.07, 6.45) is 6.99. The zero-order chi connectivity index (χ0) is 14.9. The molecular weight excluding hydrogens is 260 g/mol. The Labute approximate surface area is 128 Å². The fourth-order valence-corrected chi connectivity index (χ4v) is 3.73. The van der Waals surface area contributed by atoms with Gasteiger partial charge in [0.05, 0.1) is 6.10 Å². The van der Waals surface area contributed by atoms with E-state index in [-0.39, 0.29) is 11.7 Å². The van der Waals surface area contributed by atoms with Crippen molar-refractivity contribution in [2.24, 2.45) is 5.92 Å². The molecule has 3 rings (SSSR count). The first-order valence-corrected chi connectivity index (χ1v) is 8.13. The molecule has 1 saturated heterocycles. The molecule has 1 aromatic carbocycles. The number of rotatable bonds is 3. The smallest absolute Gasteiger partial charge is 0.125 e. The van der Waals surface area contributed by atoms with Crippen molar-refractivity contribution in [3.8, 4) is 5.75 Å². The van der Waals surface area contributed by atoms with Crippen molar-refractivity contribution in [1.82, 2.24) is 0 Å². The molecule has 0 aliphatic carbocycles. The fourth-order valence-electron chi connectivity index (χ4n) is 3.73. The molecule has 2 aliphatic heterocycles. The Morgan fingerprint density at radius 3 is 2.95 bits per heavy atom. The third kappa shape index (κ3) is 2.87. The average Bonchev–Trinajstić information content (AvgIpc) is 2.47. The van der Waals surface area contributed by atoms with Crippen LogP contribution >= 0.6 is 0 Å². The monoisotopic (exact) mass is 286 g/mol. The standard InChI is InChI=1S/C19H26O2/c1-14(2)8-6-12-19(3)16-10-7-13-20-18(16)15-9-4-5-11-17(15)21-19/h4-5,8-9,11,16,18H,6-7,10,12-13H2,1-3H3/t16-,18+,19+/m1/s1. The normalized spacial score (nSPS) is 30.8. The van der Waals surface area contributed by atoms with Gasteiger partial charge in [-0.05, 0) is 52.5 Å². The number of allylic oxidation sites excluding steroid dienone is 2. The third-order valence-electron chi connectivity index (χ3n) is 4.87. The maximum Gasteiger partial charge on any atom is 0.125 e. The molecule has 2 heteroatoms. The molecule has 2 aliphatic rings. The Kier molecular flexibility index (Phi) is 4.08. The first kappa shape index (κ1) is 14.6. The lowest BCUT2D eigenvalue weighted by Crippen LogP contribution is -2.49. The van der Waals surface area contributed by atoms with Gasteiger partial charge in [-0.15, -0.1) is 0 Å². The molecule has 2 heterocycles. The molecule has 1 fully saturated rings. The van der Waals surface area contributed by atoms with Crippen LogP contribution in [0, 0.1) is 5.92 Å². The van der Waals surface area contributed by atoms with E-state index < -0.39 is 0 Å².